The number of aromatic nitrogens is 2. The molecular formula is C26H30N3O6P. The maximum absolute atomic E-state index is 10.9. The summed E-state index contributed by atoms with van der Waals surface area (Å²) in [4.78, 5) is 22.2. The average Bonchev–Trinajstić information content (AvgIpc) is 3.52. The van der Waals surface area contributed by atoms with Crippen molar-refractivity contribution in [3.8, 4) is 28.3 Å². The molecule has 0 unspecified atom stereocenters. The first-order valence-electron chi connectivity index (χ1n) is 11.8. The minimum Gasteiger partial charge on any atom is -0.493 e. The number of nitrogens with two attached hydrogens (primary N) is 1. The van der Waals surface area contributed by atoms with Crippen molar-refractivity contribution in [1.82, 2.24) is 9.66 Å². The van der Waals surface area contributed by atoms with E-state index in [1.807, 2.05) is 36.4 Å². The Morgan fingerprint density at radius 1 is 0.972 bits per heavy atom. The van der Waals surface area contributed by atoms with Crippen molar-refractivity contribution in [3.05, 3.63) is 84.5 Å². The zero-order chi connectivity index (χ0) is 25.4. The molecule has 2 aromatic heterocycles. The molecule has 4 aromatic rings. The summed E-state index contributed by atoms with van der Waals surface area (Å²) < 4.78 is 28.5. The number of aryl methyl sites for hydroxylation is 1. The van der Waals surface area contributed by atoms with Gasteiger partial charge in [-0.05, 0) is 61.6 Å². The molecule has 0 radical (unpaired) electrons. The van der Waals surface area contributed by atoms with Crippen molar-refractivity contribution >= 4 is 7.82 Å². The van der Waals surface area contributed by atoms with E-state index in [0.717, 1.165) is 42.6 Å². The normalized spacial score (nSPS) is 11.6. The number of hydrogen-bond acceptors (Lipinski definition) is 6. The molecule has 10 heteroatoms. The van der Waals surface area contributed by atoms with Crippen LogP contribution in [0.3, 0.4) is 0 Å². The summed E-state index contributed by atoms with van der Waals surface area (Å²) in [6, 6.07) is 19.9. The van der Waals surface area contributed by atoms with Gasteiger partial charge < -0.3 is 24.8 Å². The van der Waals surface area contributed by atoms with E-state index in [1.165, 1.54) is 10.2 Å². The summed E-state index contributed by atoms with van der Waals surface area (Å²) in [7, 11) is -4.54. The van der Waals surface area contributed by atoms with E-state index in [2.05, 4.69) is 33.8 Å². The smallest absolute Gasteiger partial charge is 0.469 e. The number of hydrogen-bond donors (Lipinski definition) is 3. The maximum Gasteiger partial charge on any atom is 0.469 e. The van der Waals surface area contributed by atoms with Crippen LogP contribution in [0.25, 0.3) is 22.6 Å². The van der Waals surface area contributed by atoms with Crippen molar-refractivity contribution in [2.24, 2.45) is 0 Å². The van der Waals surface area contributed by atoms with Crippen molar-refractivity contribution < 1.29 is 28.0 Å². The number of imidazole rings is 1. The topological polar surface area (TPSA) is 133 Å². The molecule has 190 valence electrons. The van der Waals surface area contributed by atoms with Gasteiger partial charge in [0, 0.05) is 12.0 Å². The third-order valence-electron chi connectivity index (χ3n) is 5.67. The van der Waals surface area contributed by atoms with Gasteiger partial charge in [0.25, 0.3) is 0 Å². The highest BCUT2D eigenvalue weighted by Gasteiger charge is 2.17. The summed E-state index contributed by atoms with van der Waals surface area (Å²) in [6.45, 7) is 0.399. The number of unbranched alkanes of at least 4 members (excludes halogenated alkanes) is 2. The van der Waals surface area contributed by atoms with Gasteiger partial charge in [-0.1, -0.05) is 30.3 Å². The zero-order valence-electron chi connectivity index (χ0n) is 19.8. The van der Waals surface area contributed by atoms with Crippen molar-refractivity contribution in [2.75, 3.05) is 19.1 Å². The lowest BCUT2D eigenvalue weighted by Crippen LogP contribution is -2.13. The van der Waals surface area contributed by atoms with E-state index in [-0.39, 0.29) is 13.0 Å². The summed E-state index contributed by atoms with van der Waals surface area (Å²) in [5.41, 5.74) is 3.58. The molecule has 2 heterocycles. The molecule has 0 saturated heterocycles. The molecular weight excluding hydrogens is 481 g/mol. The highest BCUT2D eigenvalue weighted by Crippen LogP contribution is 2.36. The molecule has 0 bridgehead atoms. The summed E-state index contributed by atoms with van der Waals surface area (Å²) in [5.74, 6) is 7.83. The van der Waals surface area contributed by atoms with Crippen LogP contribution in [-0.4, -0.2) is 32.7 Å². The Hall–Kier alpha value is -3.36. The number of nitrogens with zero attached hydrogens (tertiary/aromatic N) is 2. The summed E-state index contributed by atoms with van der Waals surface area (Å²) in [6.07, 6.45) is 7.62. The number of benzene rings is 2. The number of phosphoric ester groups is 1. The number of phosphoric acid groups is 1. The van der Waals surface area contributed by atoms with Crippen LogP contribution < -0.4 is 10.6 Å². The first kappa shape index (κ1) is 25.7. The van der Waals surface area contributed by atoms with Gasteiger partial charge in [-0.3, -0.25) is 9.20 Å². The number of nitrogen functional groups attached to an aromatic ring is 1. The van der Waals surface area contributed by atoms with E-state index in [4.69, 9.17) is 24.8 Å². The molecule has 4 rings (SSSR count). The van der Waals surface area contributed by atoms with Crippen LogP contribution in [0.1, 0.15) is 30.7 Å². The molecule has 9 nitrogen and oxygen atoms in total. The van der Waals surface area contributed by atoms with Gasteiger partial charge in [0.05, 0.1) is 36.9 Å². The predicted octanol–water partition coefficient (Wildman–Crippen LogP) is 4.97. The van der Waals surface area contributed by atoms with Gasteiger partial charge in [-0.25, -0.2) is 9.55 Å². The van der Waals surface area contributed by atoms with Crippen LogP contribution >= 0.6 is 7.82 Å². The minimum atomic E-state index is -4.54. The largest absolute Gasteiger partial charge is 0.493 e. The minimum absolute atomic E-state index is 0.151. The quantitative estimate of drug-likeness (QED) is 0.130. The highest BCUT2D eigenvalue weighted by atomic mass is 31.2. The lowest BCUT2D eigenvalue weighted by atomic mass is 10.1. The lowest BCUT2D eigenvalue weighted by Gasteiger charge is -2.12. The van der Waals surface area contributed by atoms with Crippen molar-refractivity contribution in [2.45, 2.75) is 32.1 Å². The van der Waals surface area contributed by atoms with Crippen LogP contribution in [0.4, 0.5) is 0 Å². The second-order valence-corrected chi connectivity index (χ2v) is 9.60. The second-order valence-electron chi connectivity index (χ2n) is 8.36. The SMILES string of the molecule is Nn1cc(-c2ccc(OCCCCCc3ccccc3)c(-c3ccco3)c2)nc1CCOP(=O)(O)O. The maximum atomic E-state index is 10.9. The van der Waals surface area contributed by atoms with Gasteiger partial charge in [0.2, 0.25) is 0 Å². The van der Waals surface area contributed by atoms with E-state index in [1.54, 1.807) is 12.5 Å². The van der Waals surface area contributed by atoms with Crippen LogP contribution in [0.15, 0.2) is 77.5 Å². The van der Waals surface area contributed by atoms with Gasteiger partial charge in [0.1, 0.15) is 17.3 Å². The lowest BCUT2D eigenvalue weighted by molar-refractivity contribution is 0.198. The first-order chi connectivity index (χ1) is 17.4. The fourth-order valence-corrected chi connectivity index (χ4v) is 4.22. The molecule has 0 amide bonds. The fourth-order valence-electron chi connectivity index (χ4n) is 3.89. The predicted molar refractivity (Wildman–Crippen MR) is 137 cm³/mol. The summed E-state index contributed by atoms with van der Waals surface area (Å²) in [5, 5.41) is 0. The molecule has 0 fully saturated rings. The fraction of sp³-hybridized carbons (Fsp3) is 0.269. The van der Waals surface area contributed by atoms with Crippen LogP contribution in [0, 0.1) is 0 Å². The molecule has 0 spiro atoms. The molecule has 36 heavy (non-hydrogen) atoms. The van der Waals surface area contributed by atoms with Gasteiger partial charge in [-0.2, -0.15) is 0 Å². The summed E-state index contributed by atoms with van der Waals surface area (Å²) >= 11 is 0. The Morgan fingerprint density at radius 3 is 2.56 bits per heavy atom. The molecule has 0 aliphatic carbocycles. The van der Waals surface area contributed by atoms with Crippen molar-refractivity contribution in [1.29, 1.82) is 0 Å². The Bertz CT molecular complexity index is 1280. The Kier molecular flexibility index (Phi) is 8.61. The Labute approximate surface area is 209 Å². The van der Waals surface area contributed by atoms with Crippen LogP contribution in [0.2, 0.25) is 0 Å². The average molecular weight is 512 g/mol. The number of ether oxygens (including phenoxy) is 1. The monoisotopic (exact) mass is 511 g/mol. The van der Waals surface area contributed by atoms with Crippen LogP contribution in [0.5, 0.6) is 5.75 Å². The zero-order valence-corrected chi connectivity index (χ0v) is 20.7. The van der Waals surface area contributed by atoms with E-state index >= 15 is 0 Å². The molecule has 0 atom stereocenters. The molecule has 4 N–H and O–H groups in total. The highest BCUT2D eigenvalue weighted by molar-refractivity contribution is 7.46. The molecule has 0 saturated carbocycles. The Morgan fingerprint density at radius 2 is 1.81 bits per heavy atom. The van der Waals surface area contributed by atoms with E-state index < -0.39 is 7.82 Å². The van der Waals surface area contributed by atoms with Crippen LogP contribution in [-0.2, 0) is 21.9 Å². The Balaban J connectivity index is 1.40. The van der Waals surface area contributed by atoms with Gasteiger partial charge in [0.15, 0.2) is 0 Å². The second kappa shape index (κ2) is 12.1. The molecule has 2 aromatic carbocycles. The number of rotatable bonds is 13. The third-order valence-corrected chi connectivity index (χ3v) is 6.19. The van der Waals surface area contributed by atoms with E-state index in [9.17, 15) is 4.57 Å². The third kappa shape index (κ3) is 7.32. The molecule has 0 aliphatic rings. The number of furan rings is 1. The first-order valence-corrected chi connectivity index (χ1v) is 13.3. The van der Waals surface area contributed by atoms with Gasteiger partial charge in [-0.15, -0.1) is 0 Å². The van der Waals surface area contributed by atoms with E-state index in [0.29, 0.717) is 23.9 Å². The van der Waals surface area contributed by atoms with Crippen molar-refractivity contribution in [3.63, 3.8) is 0 Å². The van der Waals surface area contributed by atoms with Gasteiger partial charge >= 0.3 is 7.82 Å². The molecule has 0 aliphatic heterocycles. The standard InChI is InChI=1S/C26H30N3O6P/c27-29-19-23(28-26(29)14-17-35-36(30,31)32)21-12-13-25(22(18-21)24-11-7-16-34-24)33-15-6-2-5-10-20-8-3-1-4-9-20/h1,3-4,7-9,11-13,16,18-19H,2,5-6,10,14-15,17,27H2,(H2,30,31,32).